The fourth-order valence-electron chi connectivity index (χ4n) is 3.66. The van der Waals surface area contributed by atoms with Gasteiger partial charge in [0.2, 0.25) is 15.9 Å². The molecule has 3 aromatic rings. The third kappa shape index (κ3) is 7.45. The Morgan fingerprint density at radius 2 is 1.89 bits per heavy atom. The Morgan fingerprint density at radius 1 is 1.17 bits per heavy atom. The number of sulfonamides is 1. The Bertz CT molecular complexity index is 1310. The molecule has 0 aliphatic rings. The monoisotopic (exact) mass is 536 g/mol. The molecule has 0 radical (unpaired) electrons. The predicted octanol–water partition coefficient (Wildman–Crippen LogP) is 4.93. The molecule has 0 saturated carbocycles. The lowest BCUT2D eigenvalue weighted by Crippen LogP contribution is -2.39. The van der Waals surface area contributed by atoms with Gasteiger partial charge in [-0.15, -0.1) is 11.3 Å². The molecule has 2 heterocycles. The summed E-state index contributed by atoms with van der Waals surface area (Å²) in [7, 11) is -3.55. The number of aromatic nitrogens is 1. The van der Waals surface area contributed by atoms with Crippen LogP contribution in [0.1, 0.15) is 32.6 Å². The first kappa shape index (κ1) is 28.0. The topological polar surface area (TPSA) is 91.8 Å². The summed E-state index contributed by atoms with van der Waals surface area (Å²) in [5.74, 6) is -0.637. The van der Waals surface area contributed by atoms with Gasteiger partial charge in [-0.1, -0.05) is 27.7 Å². The summed E-state index contributed by atoms with van der Waals surface area (Å²) in [5, 5.41) is 2.56. The number of halogens is 1. The van der Waals surface area contributed by atoms with E-state index >= 15 is 0 Å². The molecule has 0 atom stereocenters. The van der Waals surface area contributed by atoms with Crippen molar-refractivity contribution in [3.05, 3.63) is 47.2 Å². The number of nitrogens with one attached hydrogen (secondary N) is 1. The summed E-state index contributed by atoms with van der Waals surface area (Å²) in [6.07, 6.45) is 2.69. The highest BCUT2D eigenvalue weighted by molar-refractivity contribution is 7.88. The van der Waals surface area contributed by atoms with Crippen LogP contribution in [-0.2, 0) is 21.4 Å². The molecule has 0 spiro atoms. The number of fused-ring (bicyclic) bond motifs is 1. The first-order valence-corrected chi connectivity index (χ1v) is 14.5. The van der Waals surface area contributed by atoms with Gasteiger partial charge in [0.05, 0.1) is 23.0 Å². The van der Waals surface area contributed by atoms with Crippen LogP contribution in [0.2, 0.25) is 0 Å². The minimum Gasteiger partial charge on any atom is -0.453 e. The molecule has 36 heavy (non-hydrogen) atoms. The third-order valence-electron chi connectivity index (χ3n) is 5.49. The number of rotatable bonds is 12. The lowest BCUT2D eigenvalue weighted by Gasteiger charge is -2.21. The second-order valence-corrected chi connectivity index (χ2v) is 12.1. The van der Waals surface area contributed by atoms with Crippen LogP contribution in [-0.4, -0.2) is 60.9 Å². The summed E-state index contributed by atoms with van der Waals surface area (Å²) in [6, 6.07) is 7.83. The molecule has 11 heteroatoms. The van der Waals surface area contributed by atoms with Crippen LogP contribution < -0.4 is 10.1 Å². The Morgan fingerprint density at radius 3 is 2.50 bits per heavy atom. The quantitative estimate of drug-likeness (QED) is 0.353. The van der Waals surface area contributed by atoms with E-state index in [0.29, 0.717) is 5.75 Å². The maximum Gasteiger partial charge on any atom is 0.239 e. The van der Waals surface area contributed by atoms with Crippen molar-refractivity contribution in [2.45, 2.75) is 34.2 Å². The Kier molecular flexibility index (Phi) is 9.40. The van der Waals surface area contributed by atoms with Gasteiger partial charge < -0.3 is 10.1 Å². The van der Waals surface area contributed by atoms with Crippen molar-refractivity contribution in [1.29, 1.82) is 0 Å². The molecule has 0 unspecified atom stereocenters. The molecule has 1 N–H and O–H groups in total. The molecule has 0 saturated heterocycles. The first-order valence-electron chi connectivity index (χ1n) is 11.8. The van der Waals surface area contributed by atoms with Crippen LogP contribution in [0.3, 0.4) is 0 Å². The number of nitrogens with zero attached hydrogens (tertiary/aromatic N) is 3. The normalized spacial score (nSPS) is 12.1. The van der Waals surface area contributed by atoms with E-state index in [9.17, 15) is 17.6 Å². The number of carbonyl (C=O) groups is 1. The van der Waals surface area contributed by atoms with Gasteiger partial charge in [-0.05, 0) is 37.2 Å². The van der Waals surface area contributed by atoms with E-state index in [1.54, 1.807) is 23.6 Å². The Balaban J connectivity index is 1.73. The average molecular weight is 537 g/mol. The van der Waals surface area contributed by atoms with Crippen LogP contribution in [0.15, 0.2) is 36.5 Å². The van der Waals surface area contributed by atoms with Gasteiger partial charge >= 0.3 is 0 Å². The molecular formula is C25H33FN4O4S2. The van der Waals surface area contributed by atoms with Crippen molar-refractivity contribution in [2.24, 2.45) is 5.92 Å². The van der Waals surface area contributed by atoms with Crippen molar-refractivity contribution < 1.29 is 22.3 Å². The maximum atomic E-state index is 14.9. The summed E-state index contributed by atoms with van der Waals surface area (Å²) in [6.45, 7) is 10.5. The van der Waals surface area contributed by atoms with Crippen molar-refractivity contribution >= 4 is 43.2 Å². The number of amides is 1. The van der Waals surface area contributed by atoms with E-state index in [0.717, 1.165) is 51.4 Å². The second-order valence-electron chi connectivity index (χ2n) is 8.94. The second kappa shape index (κ2) is 12.1. The highest BCUT2D eigenvalue weighted by Crippen LogP contribution is 2.36. The molecule has 1 aromatic carbocycles. The number of thiophene rings is 1. The fourth-order valence-corrected chi connectivity index (χ4v) is 5.68. The highest BCUT2D eigenvalue weighted by Gasteiger charge is 2.21. The van der Waals surface area contributed by atoms with E-state index in [1.165, 1.54) is 12.1 Å². The van der Waals surface area contributed by atoms with E-state index in [1.807, 2.05) is 19.9 Å². The van der Waals surface area contributed by atoms with Crippen molar-refractivity contribution in [2.75, 3.05) is 37.8 Å². The van der Waals surface area contributed by atoms with Crippen LogP contribution in [0.4, 0.5) is 10.1 Å². The van der Waals surface area contributed by atoms with Crippen LogP contribution in [0, 0.1) is 11.7 Å². The van der Waals surface area contributed by atoms with Gasteiger partial charge in [0.15, 0.2) is 11.6 Å². The van der Waals surface area contributed by atoms with E-state index in [4.69, 9.17) is 4.74 Å². The minimum absolute atomic E-state index is 0.0109. The molecule has 1 amide bonds. The number of benzene rings is 1. The zero-order valence-electron chi connectivity index (χ0n) is 21.2. The SMILES string of the molecule is CCN(CC)Cc1cc2nccc(Oc3ccc(NC(=O)CN(CC(C)C)S(C)(=O)=O)cc3F)c2s1. The zero-order chi connectivity index (χ0) is 26.5. The molecular weight excluding hydrogens is 503 g/mol. The molecule has 3 rings (SSSR count). The van der Waals surface area contributed by atoms with Gasteiger partial charge in [0.1, 0.15) is 5.75 Å². The van der Waals surface area contributed by atoms with E-state index in [2.05, 4.69) is 29.0 Å². The Hall–Kier alpha value is -2.60. The zero-order valence-corrected chi connectivity index (χ0v) is 22.9. The summed E-state index contributed by atoms with van der Waals surface area (Å²) in [4.78, 5) is 20.3. The molecule has 0 aliphatic heterocycles. The molecule has 0 aliphatic carbocycles. The predicted molar refractivity (Wildman–Crippen MR) is 143 cm³/mol. The molecule has 196 valence electrons. The lowest BCUT2D eigenvalue weighted by molar-refractivity contribution is -0.116. The summed E-state index contributed by atoms with van der Waals surface area (Å²) < 4.78 is 46.6. The van der Waals surface area contributed by atoms with Gasteiger partial charge in [0, 0.05) is 42.0 Å². The average Bonchev–Trinajstić information content (AvgIpc) is 3.21. The minimum atomic E-state index is -3.55. The van der Waals surface area contributed by atoms with Gasteiger partial charge in [0.25, 0.3) is 0 Å². The van der Waals surface area contributed by atoms with Gasteiger partial charge in [-0.2, -0.15) is 4.31 Å². The number of ether oxygens (including phenoxy) is 1. The number of hydrogen-bond acceptors (Lipinski definition) is 7. The molecule has 0 bridgehead atoms. The van der Waals surface area contributed by atoms with E-state index < -0.39 is 21.7 Å². The van der Waals surface area contributed by atoms with Gasteiger partial charge in [-0.25, -0.2) is 12.8 Å². The number of pyridine rings is 1. The third-order valence-corrected chi connectivity index (χ3v) is 7.83. The highest BCUT2D eigenvalue weighted by atomic mass is 32.2. The number of carbonyl (C=O) groups excluding carboxylic acids is 1. The Labute approximate surface area is 216 Å². The van der Waals surface area contributed by atoms with Crippen molar-refractivity contribution in [3.63, 3.8) is 0 Å². The maximum absolute atomic E-state index is 14.9. The first-order chi connectivity index (χ1) is 17.0. The number of anilines is 1. The molecule has 0 fully saturated rings. The van der Waals surface area contributed by atoms with Crippen molar-refractivity contribution in [1.82, 2.24) is 14.2 Å². The summed E-state index contributed by atoms with van der Waals surface area (Å²) in [5.41, 5.74) is 1.00. The molecule has 2 aromatic heterocycles. The van der Waals surface area contributed by atoms with Crippen LogP contribution in [0.25, 0.3) is 10.2 Å². The lowest BCUT2D eigenvalue weighted by atomic mass is 10.2. The van der Waals surface area contributed by atoms with Crippen molar-refractivity contribution in [3.8, 4) is 11.5 Å². The van der Waals surface area contributed by atoms with Gasteiger partial charge in [-0.3, -0.25) is 14.7 Å². The van der Waals surface area contributed by atoms with Crippen LogP contribution in [0.5, 0.6) is 11.5 Å². The fraction of sp³-hybridized carbons (Fsp3) is 0.440. The number of hydrogen-bond donors (Lipinski definition) is 1. The standard InChI is InChI=1S/C25H33FN4O4S2/c1-6-29(7-2)15-19-13-21-25(35-19)23(10-11-27-21)34-22-9-8-18(12-20(22)26)28-24(31)16-30(14-17(3)4)36(5,32)33/h8-13,17H,6-7,14-16H2,1-5H3,(H,28,31). The molecule has 8 nitrogen and oxygen atoms in total. The largest absolute Gasteiger partial charge is 0.453 e. The summed E-state index contributed by atoms with van der Waals surface area (Å²) >= 11 is 1.57. The van der Waals surface area contributed by atoms with Crippen LogP contribution >= 0.6 is 11.3 Å². The van der Waals surface area contributed by atoms with E-state index in [-0.39, 0.29) is 30.4 Å². The smallest absolute Gasteiger partial charge is 0.239 e.